The summed E-state index contributed by atoms with van der Waals surface area (Å²) in [6, 6.07) is 38.6. The molecular weight excluding hydrogens is 482 g/mol. The summed E-state index contributed by atoms with van der Waals surface area (Å²) < 4.78 is 12.3. The van der Waals surface area contributed by atoms with Gasteiger partial charge >= 0.3 is 0 Å². The number of benzene rings is 5. The molecular formula is C34H21N3O2. The third-order valence-electron chi connectivity index (χ3n) is 7.27. The van der Waals surface area contributed by atoms with Crippen molar-refractivity contribution in [2.45, 2.75) is 6.61 Å². The number of aromatic nitrogens is 3. The molecule has 184 valence electrons. The molecule has 0 radical (unpaired) electrons. The number of hydrogen-bond acceptors (Lipinski definition) is 5. The van der Waals surface area contributed by atoms with E-state index < -0.39 is 0 Å². The van der Waals surface area contributed by atoms with Crippen LogP contribution in [-0.2, 0) is 6.61 Å². The molecule has 0 aliphatic carbocycles. The van der Waals surface area contributed by atoms with E-state index >= 15 is 0 Å². The van der Waals surface area contributed by atoms with E-state index in [1.807, 2.05) is 72.8 Å². The number of nitrogens with zero attached hydrogens (tertiary/aromatic N) is 3. The van der Waals surface area contributed by atoms with Crippen LogP contribution in [0.25, 0.3) is 67.2 Å². The van der Waals surface area contributed by atoms with E-state index in [0.717, 1.165) is 61.1 Å². The molecule has 0 fully saturated rings. The highest BCUT2D eigenvalue weighted by Gasteiger charge is 2.22. The van der Waals surface area contributed by atoms with Crippen molar-refractivity contribution in [3.8, 4) is 51.0 Å². The average molecular weight is 504 g/mol. The maximum Gasteiger partial charge on any atom is 0.164 e. The maximum atomic E-state index is 6.16. The quantitative estimate of drug-likeness (QED) is 0.243. The van der Waals surface area contributed by atoms with Gasteiger partial charge in [0.15, 0.2) is 17.5 Å². The molecule has 0 bridgehead atoms. The number of para-hydroxylation sites is 2. The first-order chi connectivity index (χ1) is 19.3. The van der Waals surface area contributed by atoms with Crippen molar-refractivity contribution in [2.24, 2.45) is 0 Å². The lowest BCUT2D eigenvalue weighted by molar-refractivity contribution is 0.303. The molecule has 2 aromatic heterocycles. The van der Waals surface area contributed by atoms with Crippen molar-refractivity contribution in [2.75, 3.05) is 0 Å². The van der Waals surface area contributed by atoms with Gasteiger partial charge in [0.1, 0.15) is 23.5 Å². The van der Waals surface area contributed by atoms with Crippen LogP contribution in [0.5, 0.6) is 5.75 Å². The Hall–Kier alpha value is -5.29. The molecule has 39 heavy (non-hydrogen) atoms. The summed E-state index contributed by atoms with van der Waals surface area (Å²) in [4.78, 5) is 14.9. The minimum atomic E-state index is 0.454. The Kier molecular flexibility index (Phi) is 4.82. The summed E-state index contributed by atoms with van der Waals surface area (Å²) in [5.74, 6) is 2.72. The van der Waals surface area contributed by atoms with Gasteiger partial charge in [0.05, 0.1) is 0 Å². The SMILES string of the molecule is c1ccc(-c2nc(-c3ccc4c(c3)oc3ccccc34)nc(-c3cccc4c3COc3ccccc3-4)n2)cc1. The van der Waals surface area contributed by atoms with Crippen molar-refractivity contribution in [3.05, 3.63) is 121 Å². The molecule has 0 saturated heterocycles. The van der Waals surface area contributed by atoms with E-state index in [0.29, 0.717) is 24.1 Å². The predicted molar refractivity (Wildman–Crippen MR) is 153 cm³/mol. The fourth-order valence-electron chi connectivity index (χ4n) is 5.38. The second kappa shape index (κ2) is 8.64. The van der Waals surface area contributed by atoms with E-state index in [1.165, 1.54) is 0 Å². The van der Waals surface area contributed by atoms with Gasteiger partial charge in [-0.2, -0.15) is 0 Å². The normalized spacial score (nSPS) is 12.2. The predicted octanol–water partition coefficient (Wildman–Crippen LogP) is 8.33. The van der Waals surface area contributed by atoms with Crippen LogP contribution in [0.2, 0.25) is 0 Å². The minimum absolute atomic E-state index is 0.454. The Morgan fingerprint density at radius 2 is 1.18 bits per heavy atom. The summed E-state index contributed by atoms with van der Waals surface area (Å²) in [7, 11) is 0. The van der Waals surface area contributed by atoms with E-state index in [9.17, 15) is 0 Å². The van der Waals surface area contributed by atoms with Crippen molar-refractivity contribution in [3.63, 3.8) is 0 Å². The van der Waals surface area contributed by atoms with E-state index in [1.54, 1.807) is 0 Å². The molecule has 0 spiro atoms. The second-order valence-corrected chi connectivity index (χ2v) is 9.60. The highest BCUT2D eigenvalue weighted by Crippen LogP contribution is 2.41. The zero-order chi connectivity index (χ0) is 25.8. The monoisotopic (exact) mass is 503 g/mol. The third-order valence-corrected chi connectivity index (χ3v) is 7.27. The van der Waals surface area contributed by atoms with Gasteiger partial charge in [-0.25, -0.2) is 15.0 Å². The topological polar surface area (TPSA) is 61.0 Å². The van der Waals surface area contributed by atoms with Crippen LogP contribution in [0.3, 0.4) is 0 Å². The summed E-state index contributed by atoms with van der Waals surface area (Å²) in [6.45, 7) is 0.454. The Morgan fingerprint density at radius 1 is 0.487 bits per heavy atom. The smallest absolute Gasteiger partial charge is 0.164 e. The molecule has 1 aliphatic rings. The molecule has 0 atom stereocenters. The van der Waals surface area contributed by atoms with Gasteiger partial charge in [-0.05, 0) is 29.8 Å². The largest absolute Gasteiger partial charge is 0.488 e. The summed E-state index contributed by atoms with van der Waals surface area (Å²) in [6.07, 6.45) is 0. The molecule has 1 aliphatic heterocycles. The molecule has 8 rings (SSSR count). The Labute approximate surface area is 224 Å². The summed E-state index contributed by atoms with van der Waals surface area (Å²) in [5.41, 5.74) is 7.69. The molecule has 5 heteroatoms. The Morgan fingerprint density at radius 3 is 2.10 bits per heavy atom. The van der Waals surface area contributed by atoms with E-state index in [-0.39, 0.29) is 0 Å². The summed E-state index contributed by atoms with van der Waals surface area (Å²) >= 11 is 0. The van der Waals surface area contributed by atoms with Gasteiger partial charge in [-0.15, -0.1) is 0 Å². The summed E-state index contributed by atoms with van der Waals surface area (Å²) in [5, 5.41) is 2.16. The molecule has 0 N–H and O–H groups in total. The van der Waals surface area contributed by atoms with Crippen LogP contribution in [0, 0.1) is 0 Å². The number of fused-ring (bicyclic) bond motifs is 6. The minimum Gasteiger partial charge on any atom is -0.488 e. The van der Waals surface area contributed by atoms with Crippen molar-refractivity contribution < 1.29 is 9.15 Å². The van der Waals surface area contributed by atoms with Gasteiger partial charge in [-0.1, -0.05) is 91.0 Å². The highest BCUT2D eigenvalue weighted by molar-refractivity contribution is 6.05. The van der Waals surface area contributed by atoms with Crippen LogP contribution in [-0.4, -0.2) is 15.0 Å². The first kappa shape index (κ1) is 21.8. The standard InChI is InChI=1S/C34H21N3O2/c1-2-9-21(10-3-1)32-35-33(22-17-18-26-25-12-5-7-16-30(25)39-31(26)19-22)37-34(36-32)27-14-8-13-23-24-11-4-6-15-29(24)38-20-28(23)27/h1-19H,20H2. The van der Waals surface area contributed by atoms with Crippen LogP contribution in [0.15, 0.2) is 120 Å². The number of ether oxygens (including phenoxy) is 1. The van der Waals surface area contributed by atoms with Crippen LogP contribution in [0.1, 0.15) is 5.56 Å². The lowest BCUT2D eigenvalue weighted by Gasteiger charge is -2.23. The highest BCUT2D eigenvalue weighted by atomic mass is 16.5. The maximum absolute atomic E-state index is 6.16. The zero-order valence-corrected chi connectivity index (χ0v) is 20.8. The van der Waals surface area contributed by atoms with E-state index in [4.69, 9.17) is 24.1 Å². The van der Waals surface area contributed by atoms with Crippen molar-refractivity contribution >= 4 is 21.9 Å². The van der Waals surface area contributed by atoms with Crippen LogP contribution in [0.4, 0.5) is 0 Å². The molecule has 3 heterocycles. The molecule has 7 aromatic rings. The second-order valence-electron chi connectivity index (χ2n) is 9.60. The van der Waals surface area contributed by atoms with Gasteiger partial charge in [0.2, 0.25) is 0 Å². The van der Waals surface area contributed by atoms with Gasteiger partial charge in [-0.3, -0.25) is 0 Å². The molecule has 0 unspecified atom stereocenters. The van der Waals surface area contributed by atoms with Crippen LogP contribution >= 0.6 is 0 Å². The molecule has 0 amide bonds. The molecule has 5 nitrogen and oxygen atoms in total. The average Bonchev–Trinajstić information content (AvgIpc) is 3.39. The van der Waals surface area contributed by atoms with Gasteiger partial charge in [0, 0.05) is 38.6 Å². The van der Waals surface area contributed by atoms with Crippen LogP contribution < -0.4 is 4.74 Å². The van der Waals surface area contributed by atoms with Gasteiger partial charge in [0.25, 0.3) is 0 Å². The third kappa shape index (κ3) is 3.59. The lowest BCUT2D eigenvalue weighted by Crippen LogP contribution is -2.09. The fraction of sp³-hybridized carbons (Fsp3) is 0.0294. The number of rotatable bonds is 3. The number of hydrogen-bond donors (Lipinski definition) is 0. The number of furan rings is 1. The van der Waals surface area contributed by atoms with Crippen molar-refractivity contribution in [1.29, 1.82) is 0 Å². The molecule has 0 saturated carbocycles. The zero-order valence-electron chi connectivity index (χ0n) is 20.8. The lowest BCUT2D eigenvalue weighted by atomic mass is 9.93. The molecule has 5 aromatic carbocycles. The van der Waals surface area contributed by atoms with Crippen molar-refractivity contribution in [1.82, 2.24) is 15.0 Å². The first-order valence-electron chi connectivity index (χ1n) is 12.9. The Balaban J connectivity index is 1.34. The van der Waals surface area contributed by atoms with Gasteiger partial charge < -0.3 is 9.15 Å². The van der Waals surface area contributed by atoms with E-state index in [2.05, 4.69) is 42.5 Å². The first-order valence-corrected chi connectivity index (χ1v) is 12.9. The Bertz CT molecular complexity index is 2030. The fourth-order valence-corrected chi connectivity index (χ4v) is 5.38.